The summed E-state index contributed by atoms with van der Waals surface area (Å²) < 4.78 is 0. The van der Waals surface area contributed by atoms with Crippen LogP contribution in [0.3, 0.4) is 0 Å². The first-order chi connectivity index (χ1) is 13.7. The monoisotopic (exact) mass is 398 g/mol. The number of nitrogens with zero attached hydrogens (tertiary/aromatic N) is 2. The molecule has 0 atom stereocenters. The van der Waals surface area contributed by atoms with Gasteiger partial charge in [-0.3, -0.25) is 0 Å². The Morgan fingerprint density at radius 1 is 0.607 bits per heavy atom. The minimum atomic E-state index is 0.996. The molecule has 1 aliphatic rings. The fourth-order valence-corrected chi connectivity index (χ4v) is 5.02. The minimum Gasteiger partial charge on any atom is -0.236 e. The van der Waals surface area contributed by atoms with Gasteiger partial charge in [-0.05, 0) is 48.9 Å². The molecule has 0 saturated heterocycles. The molecule has 0 unspecified atom stereocenters. The van der Waals surface area contributed by atoms with Crippen molar-refractivity contribution in [2.75, 3.05) is 0 Å². The smallest absolute Gasteiger partial charge is 0.126 e. The number of hydrogen-bond acceptors (Lipinski definition) is 4. The molecule has 2 nitrogen and oxygen atoms in total. The summed E-state index contributed by atoms with van der Waals surface area (Å²) >= 11 is 3.33. The van der Waals surface area contributed by atoms with Crippen LogP contribution < -0.4 is 0 Å². The molecule has 0 spiro atoms. The normalized spacial score (nSPS) is 16.8. The van der Waals surface area contributed by atoms with Crippen molar-refractivity contribution in [2.45, 2.75) is 13.8 Å². The molecule has 0 N–H and O–H groups in total. The standard InChI is InChI=1S/C24H18N2S2/c1-15-5-3-7-17(13-15)21-19-9-11-27-23(19)26-22(18-8-4-6-16(2)14-18)20-10-12-28-24(20)25-21/h3-14H,1-2H3/b21-19?,22-20?,25-21-,25-24?,26-22-,26-23?. The van der Waals surface area contributed by atoms with Gasteiger partial charge in [0.25, 0.3) is 0 Å². The molecule has 1 aliphatic heterocycles. The molecule has 0 saturated carbocycles. The fraction of sp³-hybridized carbons (Fsp3) is 0.0833. The lowest BCUT2D eigenvalue weighted by molar-refractivity contribution is 1.42. The van der Waals surface area contributed by atoms with Crippen molar-refractivity contribution in [3.63, 3.8) is 0 Å². The van der Waals surface area contributed by atoms with Crippen molar-refractivity contribution in [1.82, 2.24) is 0 Å². The van der Waals surface area contributed by atoms with E-state index in [1.165, 1.54) is 11.1 Å². The summed E-state index contributed by atoms with van der Waals surface area (Å²) in [5, 5.41) is 6.22. The first-order valence-corrected chi connectivity index (χ1v) is 10.9. The van der Waals surface area contributed by atoms with Gasteiger partial charge in [0.1, 0.15) is 10.0 Å². The number of aryl methyl sites for hydroxylation is 2. The zero-order valence-corrected chi connectivity index (χ0v) is 17.3. The predicted octanol–water partition coefficient (Wildman–Crippen LogP) is 7.08. The molecule has 0 fully saturated rings. The lowest BCUT2D eigenvalue weighted by Gasteiger charge is -2.14. The van der Waals surface area contributed by atoms with Gasteiger partial charge in [0.05, 0.1) is 11.4 Å². The van der Waals surface area contributed by atoms with E-state index in [0.29, 0.717) is 0 Å². The van der Waals surface area contributed by atoms with Crippen LogP contribution >= 0.6 is 22.7 Å². The van der Waals surface area contributed by atoms with Crippen molar-refractivity contribution in [2.24, 2.45) is 9.98 Å². The van der Waals surface area contributed by atoms with Crippen LogP contribution in [-0.4, -0.2) is 11.4 Å². The second-order valence-electron chi connectivity index (χ2n) is 6.94. The Labute approximate surface area is 172 Å². The number of hydrogen-bond donors (Lipinski definition) is 0. The van der Waals surface area contributed by atoms with Gasteiger partial charge in [0.2, 0.25) is 0 Å². The molecule has 0 radical (unpaired) electrons. The number of benzene rings is 2. The highest BCUT2D eigenvalue weighted by atomic mass is 32.1. The third kappa shape index (κ3) is 3.05. The van der Waals surface area contributed by atoms with E-state index in [2.05, 4.69) is 85.3 Å². The molecule has 4 heteroatoms. The number of fused-ring (bicyclic) bond motifs is 2. The highest BCUT2D eigenvalue weighted by Gasteiger charge is 2.21. The van der Waals surface area contributed by atoms with Gasteiger partial charge in [-0.15, -0.1) is 22.7 Å². The Hall–Kier alpha value is -2.82. The van der Waals surface area contributed by atoms with Gasteiger partial charge in [-0.2, -0.15) is 0 Å². The van der Waals surface area contributed by atoms with Crippen molar-refractivity contribution >= 4 is 44.1 Å². The van der Waals surface area contributed by atoms with E-state index in [9.17, 15) is 0 Å². The zero-order valence-electron chi connectivity index (χ0n) is 15.6. The van der Waals surface area contributed by atoms with Crippen LogP contribution in [0.5, 0.6) is 0 Å². The van der Waals surface area contributed by atoms with E-state index in [1.54, 1.807) is 22.7 Å². The maximum Gasteiger partial charge on any atom is 0.126 e. The second kappa shape index (κ2) is 6.97. The molecular formula is C24H18N2S2. The van der Waals surface area contributed by atoms with Crippen LogP contribution in [0, 0.1) is 13.8 Å². The lowest BCUT2D eigenvalue weighted by Crippen LogP contribution is -2.08. The number of aliphatic imine (C=N–C) groups is 2. The molecule has 4 aromatic rings. The first-order valence-electron chi connectivity index (χ1n) is 9.16. The predicted molar refractivity (Wildman–Crippen MR) is 122 cm³/mol. The molecule has 136 valence electrons. The SMILES string of the molecule is Cc1cccc(/C2=N/c3sccc3/C(c3cccc(C)c3)=N\c3sccc32)c1. The zero-order chi connectivity index (χ0) is 19.1. The maximum absolute atomic E-state index is 5.14. The summed E-state index contributed by atoms with van der Waals surface area (Å²) in [6, 6.07) is 21.3. The van der Waals surface area contributed by atoms with E-state index in [0.717, 1.165) is 43.7 Å². The molecule has 2 aromatic carbocycles. The molecule has 3 heterocycles. The summed E-state index contributed by atoms with van der Waals surface area (Å²) in [5.41, 5.74) is 8.91. The molecule has 28 heavy (non-hydrogen) atoms. The first kappa shape index (κ1) is 17.3. The van der Waals surface area contributed by atoms with E-state index in [-0.39, 0.29) is 0 Å². The molecule has 2 aromatic heterocycles. The highest BCUT2D eigenvalue weighted by Crippen LogP contribution is 2.38. The average Bonchev–Trinajstić information content (AvgIpc) is 3.31. The van der Waals surface area contributed by atoms with Gasteiger partial charge in [-0.25, -0.2) is 9.98 Å². The maximum atomic E-state index is 5.14. The van der Waals surface area contributed by atoms with Gasteiger partial charge >= 0.3 is 0 Å². The molecule has 0 amide bonds. The summed E-state index contributed by atoms with van der Waals surface area (Å²) in [7, 11) is 0. The van der Waals surface area contributed by atoms with Crippen LogP contribution in [0.25, 0.3) is 0 Å². The second-order valence-corrected chi connectivity index (χ2v) is 8.73. The van der Waals surface area contributed by atoms with E-state index >= 15 is 0 Å². The van der Waals surface area contributed by atoms with E-state index in [1.807, 2.05) is 0 Å². The molecular weight excluding hydrogens is 380 g/mol. The third-order valence-corrected chi connectivity index (χ3v) is 6.42. The highest BCUT2D eigenvalue weighted by molar-refractivity contribution is 7.15. The Bertz CT molecular complexity index is 1140. The fourth-order valence-electron chi connectivity index (χ4n) is 3.48. The van der Waals surface area contributed by atoms with Crippen LogP contribution in [0.4, 0.5) is 10.0 Å². The van der Waals surface area contributed by atoms with E-state index < -0.39 is 0 Å². The molecule has 0 bridgehead atoms. The lowest BCUT2D eigenvalue weighted by atomic mass is 9.99. The molecule has 5 rings (SSSR count). The van der Waals surface area contributed by atoms with Gasteiger partial charge in [0, 0.05) is 22.3 Å². The van der Waals surface area contributed by atoms with Gasteiger partial charge in [-0.1, -0.05) is 47.5 Å². The van der Waals surface area contributed by atoms with Gasteiger partial charge in [0.15, 0.2) is 0 Å². The van der Waals surface area contributed by atoms with E-state index in [4.69, 9.17) is 9.98 Å². The quantitative estimate of drug-likeness (QED) is 0.303. The summed E-state index contributed by atoms with van der Waals surface area (Å²) in [5.74, 6) is 0. The Morgan fingerprint density at radius 3 is 1.50 bits per heavy atom. The van der Waals surface area contributed by atoms with Crippen molar-refractivity contribution < 1.29 is 0 Å². The Balaban J connectivity index is 1.77. The number of thiophene rings is 2. The summed E-state index contributed by atoms with van der Waals surface area (Å²) in [6.45, 7) is 4.23. The van der Waals surface area contributed by atoms with Crippen molar-refractivity contribution in [3.05, 3.63) is 105 Å². The average molecular weight is 399 g/mol. The van der Waals surface area contributed by atoms with Crippen LogP contribution in [-0.2, 0) is 0 Å². The molecule has 0 aliphatic carbocycles. The topological polar surface area (TPSA) is 24.7 Å². The van der Waals surface area contributed by atoms with Crippen LogP contribution in [0.15, 0.2) is 81.4 Å². The largest absolute Gasteiger partial charge is 0.236 e. The van der Waals surface area contributed by atoms with Crippen LogP contribution in [0.1, 0.15) is 33.4 Å². The van der Waals surface area contributed by atoms with Crippen molar-refractivity contribution in [1.29, 1.82) is 0 Å². The Kier molecular flexibility index (Phi) is 4.30. The van der Waals surface area contributed by atoms with Crippen molar-refractivity contribution in [3.8, 4) is 0 Å². The van der Waals surface area contributed by atoms with Gasteiger partial charge < -0.3 is 0 Å². The summed E-state index contributed by atoms with van der Waals surface area (Å²) in [6.07, 6.45) is 0. The summed E-state index contributed by atoms with van der Waals surface area (Å²) in [4.78, 5) is 10.3. The minimum absolute atomic E-state index is 0.996. The third-order valence-electron chi connectivity index (χ3n) is 4.81. The Morgan fingerprint density at radius 2 is 1.07 bits per heavy atom. The van der Waals surface area contributed by atoms with Crippen LogP contribution in [0.2, 0.25) is 0 Å². The number of rotatable bonds is 2.